The lowest BCUT2D eigenvalue weighted by Gasteiger charge is -2.10. The number of anilines is 1. The fraction of sp³-hybridized carbons (Fsp3) is 0.250. The van der Waals surface area contributed by atoms with Crippen LogP contribution in [0.5, 0.6) is 0 Å². The van der Waals surface area contributed by atoms with Crippen LogP contribution in [-0.2, 0) is 17.1 Å². The molecule has 0 saturated carbocycles. The molecule has 0 saturated heterocycles. The van der Waals surface area contributed by atoms with E-state index in [-0.39, 0.29) is 21.7 Å². The maximum Gasteiger partial charge on any atom is 0.263 e. The van der Waals surface area contributed by atoms with Crippen molar-refractivity contribution in [3.05, 3.63) is 51.4 Å². The Bertz CT molecular complexity index is 1110. The van der Waals surface area contributed by atoms with Crippen LogP contribution in [0, 0.1) is 20.8 Å². The highest BCUT2D eigenvalue weighted by atomic mass is 32.2. The van der Waals surface area contributed by atoms with Gasteiger partial charge >= 0.3 is 0 Å². The first-order valence-electron chi connectivity index (χ1n) is 7.35. The van der Waals surface area contributed by atoms with Gasteiger partial charge in [-0.3, -0.25) is 14.6 Å². The third-order valence-corrected chi connectivity index (χ3v) is 5.55. The summed E-state index contributed by atoms with van der Waals surface area (Å²) in [6.45, 7) is 5.41. The van der Waals surface area contributed by atoms with E-state index in [4.69, 9.17) is 0 Å². The van der Waals surface area contributed by atoms with Crippen LogP contribution in [0.1, 0.15) is 16.8 Å². The first-order chi connectivity index (χ1) is 11.2. The number of hydrogen-bond acceptors (Lipinski definition) is 4. The minimum atomic E-state index is -3.84. The average molecular weight is 346 g/mol. The van der Waals surface area contributed by atoms with E-state index >= 15 is 0 Å². The summed E-state index contributed by atoms with van der Waals surface area (Å²) in [4.78, 5) is 12.6. The SMILES string of the molecule is Cc1ccc(S(=O)(=O)Nc2n[nH]c3cc(C)n(C)c(=O)c23)c(C)c1. The minimum absolute atomic E-state index is 0.00516. The smallest absolute Gasteiger partial charge is 0.263 e. The summed E-state index contributed by atoms with van der Waals surface area (Å²) in [5.41, 5.74) is 2.54. The highest BCUT2D eigenvalue weighted by molar-refractivity contribution is 7.92. The standard InChI is InChI=1S/C16H18N4O3S/c1-9-5-6-13(10(2)7-9)24(22,23)19-15-14-12(17-18-15)8-11(3)20(4)16(14)21/h5-8H,1-4H3,(H2,17,18,19). The first kappa shape index (κ1) is 16.3. The zero-order valence-electron chi connectivity index (χ0n) is 13.8. The van der Waals surface area contributed by atoms with Crippen LogP contribution in [0.2, 0.25) is 0 Å². The topological polar surface area (TPSA) is 96.8 Å². The molecule has 0 unspecified atom stereocenters. The van der Waals surface area contributed by atoms with E-state index < -0.39 is 10.0 Å². The zero-order chi connectivity index (χ0) is 17.6. The third-order valence-electron chi connectivity index (χ3n) is 4.05. The molecule has 24 heavy (non-hydrogen) atoms. The number of fused-ring (bicyclic) bond motifs is 1. The zero-order valence-corrected chi connectivity index (χ0v) is 14.7. The molecule has 8 heteroatoms. The second-order valence-corrected chi connectivity index (χ2v) is 7.54. The number of nitrogens with zero attached hydrogens (tertiary/aromatic N) is 2. The van der Waals surface area contributed by atoms with Crippen LogP contribution < -0.4 is 10.3 Å². The van der Waals surface area contributed by atoms with Gasteiger partial charge in [0, 0.05) is 12.7 Å². The third kappa shape index (κ3) is 2.58. The quantitative estimate of drug-likeness (QED) is 0.758. The highest BCUT2D eigenvalue weighted by Crippen LogP contribution is 2.23. The summed E-state index contributed by atoms with van der Waals surface area (Å²) in [6.07, 6.45) is 0. The van der Waals surface area contributed by atoms with E-state index in [0.717, 1.165) is 11.3 Å². The van der Waals surface area contributed by atoms with Gasteiger partial charge in [-0.15, -0.1) is 0 Å². The molecule has 0 aliphatic heterocycles. The molecule has 0 radical (unpaired) electrons. The number of benzene rings is 1. The molecule has 0 amide bonds. The fourth-order valence-electron chi connectivity index (χ4n) is 2.67. The predicted octanol–water partition coefficient (Wildman–Crippen LogP) is 1.99. The second kappa shape index (κ2) is 5.48. The Morgan fingerprint density at radius 1 is 1.17 bits per heavy atom. The molecule has 2 heterocycles. The molecule has 126 valence electrons. The predicted molar refractivity (Wildman–Crippen MR) is 92.8 cm³/mol. The number of hydrogen-bond donors (Lipinski definition) is 2. The number of aryl methyl sites for hydroxylation is 3. The van der Waals surface area contributed by atoms with Crippen LogP contribution in [0.3, 0.4) is 0 Å². The first-order valence-corrected chi connectivity index (χ1v) is 8.84. The van der Waals surface area contributed by atoms with Crippen molar-refractivity contribution in [2.75, 3.05) is 4.72 Å². The van der Waals surface area contributed by atoms with E-state index in [1.807, 2.05) is 6.92 Å². The normalized spacial score (nSPS) is 11.8. The molecule has 0 aliphatic rings. The monoisotopic (exact) mass is 346 g/mol. The van der Waals surface area contributed by atoms with Gasteiger partial charge in [0.2, 0.25) is 0 Å². The number of aromatic nitrogens is 3. The number of rotatable bonds is 3. The van der Waals surface area contributed by atoms with Crippen molar-refractivity contribution in [3.63, 3.8) is 0 Å². The fourth-order valence-corrected chi connectivity index (χ4v) is 3.91. The van der Waals surface area contributed by atoms with Crippen molar-refractivity contribution in [1.82, 2.24) is 14.8 Å². The maximum atomic E-state index is 12.7. The lowest BCUT2D eigenvalue weighted by molar-refractivity contribution is 0.600. The van der Waals surface area contributed by atoms with Crippen LogP contribution in [0.25, 0.3) is 10.9 Å². The molecule has 0 fully saturated rings. The van der Waals surface area contributed by atoms with Crippen molar-refractivity contribution in [2.24, 2.45) is 7.05 Å². The molecule has 0 aliphatic carbocycles. The summed E-state index contributed by atoms with van der Waals surface area (Å²) in [7, 11) is -2.21. The Kier molecular flexibility index (Phi) is 3.71. The Balaban J connectivity index is 2.13. The highest BCUT2D eigenvalue weighted by Gasteiger charge is 2.21. The van der Waals surface area contributed by atoms with Crippen LogP contribution in [-0.4, -0.2) is 23.2 Å². The van der Waals surface area contributed by atoms with E-state index in [1.54, 1.807) is 45.2 Å². The Morgan fingerprint density at radius 2 is 1.88 bits per heavy atom. The molecule has 3 rings (SSSR count). The number of sulfonamides is 1. The van der Waals surface area contributed by atoms with Gasteiger partial charge in [0.25, 0.3) is 15.6 Å². The van der Waals surface area contributed by atoms with E-state index in [1.165, 1.54) is 4.57 Å². The molecule has 0 atom stereocenters. The molecule has 2 aromatic heterocycles. The van der Waals surface area contributed by atoms with E-state index in [0.29, 0.717) is 11.1 Å². The Morgan fingerprint density at radius 3 is 2.54 bits per heavy atom. The van der Waals surface area contributed by atoms with Gasteiger partial charge in [0.15, 0.2) is 5.82 Å². The molecule has 2 N–H and O–H groups in total. The number of H-pyrrole nitrogens is 1. The lowest BCUT2D eigenvalue weighted by Crippen LogP contribution is -2.21. The van der Waals surface area contributed by atoms with Crippen LogP contribution in [0.15, 0.2) is 34.0 Å². The molecular weight excluding hydrogens is 328 g/mol. The molecule has 1 aromatic carbocycles. The second-order valence-electron chi connectivity index (χ2n) is 5.89. The van der Waals surface area contributed by atoms with Crippen molar-refractivity contribution < 1.29 is 8.42 Å². The largest absolute Gasteiger partial charge is 0.315 e. The van der Waals surface area contributed by atoms with Gasteiger partial charge in [0.05, 0.1) is 10.4 Å². The van der Waals surface area contributed by atoms with Gasteiger partial charge in [-0.05, 0) is 38.5 Å². The van der Waals surface area contributed by atoms with Gasteiger partial charge in [-0.2, -0.15) is 5.10 Å². The van der Waals surface area contributed by atoms with Crippen LogP contribution >= 0.6 is 0 Å². The molecule has 7 nitrogen and oxygen atoms in total. The van der Waals surface area contributed by atoms with Gasteiger partial charge in [-0.25, -0.2) is 8.42 Å². The van der Waals surface area contributed by atoms with Crippen molar-refractivity contribution >= 4 is 26.7 Å². The summed E-state index contributed by atoms with van der Waals surface area (Å²) in [5, 5.41) is 6.89. The van der Waals surface area contributed by atoms with Crippen molar-refractivity contribution in [1.29, 1.82) is 0 Å². The van der Waals surface area contributed by atoms with Gasteiger partial charge in [-0.1, -0.05) is 17.7 Å². The number of pyridine rings is 1. The van der Waals surface area contributed by atoms with Crippen molar-refractivity contribution in [2.45, 2.75) is 25.7 Å². The molecule has 0 spiro atoms. The molecule has 0 bridgehead atoms. The van der Waals surface area contributed by atoms with E-state index in [9.17, 15) is 13.2 Å². The Hall–Kier alpha value is -2.61. The lowest BCUT2D eigenvalue weighted by atomic mass is 10.2. The maximum absolute atomic E-state index is 12.7. The van der Waals surface area contributed by atoms with Crippen molar-refractivity contribution in [3.8, 4) is 0 Å². The van der Waals surface area contributed by atoms with Crippen LogP contribution in [0.4, 0.5) is 5.82 Å². The molecular formula is C16H18N4O3S. The minimum Gasteiger partial charge on any atom is -0.315 e. The summed E-state index contributed by atoms with van der Waals surface area (Å²) < 4.78 is 29.2. The average Bonchev–Trinajstić information content (AvgIpc) is 2.86. The number of nitrogens with one attached hydrogen (secondary N) is 2. The van der Waals surface area contributed by atoms with E-state index in [2.05, 4.69) is 14.9 Å². The summed E-state index contributed by atoms with van der Waals surface area (Å²) in [5.74, 6) is 0.00516. The van der Waals surface area contributed by atoms with Gasteiger partial charge < -0.3 is 4.57 Å². The van der Waals surface area contributed by atoms with Gasteiger partial charge in [0.1, 0.15) is 5.39 Å². The summed E-state index contributed by atoms with van der Waals surface area (Å²) >= 11 is 0. The summed E-state index contributed by atoms with van der Waals surface area (Å²) in [6, 6.07) is 6.81. The Labute approximate surface area is 139 Å². The molecule has 3 aromatic rings. The number of aromatic amines is 1.